The zero-order valence-corrected chi connectivity index (χ0v) is 13.2. The van der Waals surface area contributed by atoms with Crippen molar-refractivity contribution in [3.05, 3.63) is 30.3 Å². The largest absolute Gasteiger partial charge is 2.00 e. The van der Waals surface area contributed by atoms with E-state index in [1.54, 1.807) is 0 Å². The van der Waals surface area contributed by atoms with E-state index in [2.05, 4.69) is 25.1 Å². The summed E-state index contributed by atoms with van der Waals surface area (Å²) in [6, 6.07) is 11.4. The Morgan fingerprint density at radius 1 is 1.20 bits per heavy atom. The molecule has 0 spiro atoms. The molecule has 0 saturated carbocycles. The van der Waals surface area contributed by atoms with Crippen LogP contribution < -0.4 is 17.0 Å². The molecular formula is C12H17BrMgS. The Morgan fingerprint density at radius 3 is 2.60 bits per heavy atom. The first-order valence-corrected chi connectivity index (χ1v) is 6.01. The normalized spacial score (nSPS) is 8.87. The molecule has 0 heterocycles. The van der Waals surface area contributed by atoms with Gasteiger partial charge in [-0.25, -0.2) is 0 Å². The fourth-order valence-electron chi connectivity index (χ4n) is 1.18. The molecule has 0 unspecified atom stereocenters. The Morgan fingerprint density at radius 2 is 2.00 bits per heavy atom. The van der Waals surface area contributed by atoms with Crippen molar-refractivity contribution in [3.8, 4) is 0 Å². The fourth-order valence-corrected chi connectivity index (χ4v) is 2.07. The van der Waals surface area contributed by atoms with Gasteiger partial charge in [0.1, 0.15) is 0 Å². The van der Waals surface area contributed by atoms with E-state index in [0.29, 0.717) is 0 Å². The zero-order chi connectivity index (χ0) is 9.36. The van der Waals surface area contributed by atoms with Gasteiger partial charge in [-0.15, -0.1) is 4.90 Å². The van der Waals surface area contributed by atoms with Crippen LogP contribution in [0.3, 0.4) is 0 Å². The zero-order valence-electron chi connectivity index (χ0n) is 9.34. The van der Waals surface area contributed by atoms with Crippen molar-refractivity contribution in [3.63, 3.8) is 0 Å². The molecule has 0 aliphatic heterocycles. The molecular weight excluding hydrogens is 280 g/mol. The molecule has 0 bridgehead atoms. The fraction of sp³-hybridized carbons (Fsp3) is 0.500. The third-order valence-corrected chi connectivity index (χ3v) is 2.99. The summed E-state index contributed by atoms with van der Waals surface area (Å²) >= 11 is 1.92. The third kappa shape index (κ3) is 9.73. The second kappa shape index (κ2) is 12.9. The van der Waals surface area contributed by atoms with Gasteiger partial charge in [-0.3, -0.25) is 0 Å². The van der Waals surface area contributed by atoms with E-state index >= 15 is 0 Å². The molecule has 1 aromatic carbocycles. The topological polar surface area (TPSA) is 0 Å². The van der Waals surface area contributed by atoms with Crippen LogP contribution in [0.1, 0.15) is 32.6 Å². The Hall–Kier alpha value is 0.816. The number of hydrogen-bond donors (Lipinski definition) is 0. The van der Waals surface area contributed by atoms with Crippen molar-refractivity contribution in [1.82, 2.24) is 0 Å². The Bertz CT molecular complexity index is 216. The van der Waals surface area contributed by atoms with Gasteiger partial charge in [0.15, 0.2) is 0 Å². The number of benzene rings is 1. The molecule has 0 aliphatic rings. The molecule has 15 heavy (non-hydrogen) atoms. The smallest absolute Gasteiger partial charge is 1.00 e. The van der Waals surface area contributed by atoms with Crippen molar-refractivity contribution < 1.29 is 17.0 Å². The van der Waals surface area contributed by atoms with Crippen LogP contribution in [0.25, 0.3) is 0 Å². The summed E-state index contributed by atoms with van der Waals surface area (Å²) in [6.45, 7) is 2.25. The van der Waals surface area contributed by atoms with E-state index < -0.39 is 0 Å². The minimum absolute atomic E-state index is 0. The van der Waals surface area contributed by atoms with Crippen molar-refractivity contribution in [2.45, 2.75) is 37.5 Å². The Balaban J connectivity index is 0. The number of rotatable bonds is 6. The average molecular weight is 298 g/mol. The summed E-state index contributed by atoms with van der Waals surface area (Å²) in [5.74, 6) is 1.24. The standard InChI is InChI=1S/C12H17S.BrH.Mg/c1-2-3-4-8-11-13-12-9-6-5-7-10-12;;/h5-7,9H,2-4,8,11H2,1H3;1H;/q-1;;+2/p-1. The second-order valence-corrected chi connectivity index (χ2v) is 4.27. The SMILES string of the molecule is CCCCCCSc1[c-]cccc1.[Br-].[Mg+2]. The molecule has 80 valence electrons. The van der Waals surface area contributed by atoms with Crippen LogP contribution in [-0.4, -0.2) is 28.8 Å². The summed E-state index contributed by atoms with van der Waals surface area (Å²) in [7, 11) is 0. The third-order valence-electron chi connectivity index (χ3n) is 1.94. The van der Waals surface area contributed by atoms with Crippen molar-refractivity contribution in [2.75, 3.05) is 5.75 Å². The van der Waals surface area contributed by atoms with Crippen LogP contribution in [0, 0.1) is 6.07 Å². The minimum atomic E-state index is 0. The van der Waals surface area contributed by atoms with Gasteiger partial charge in [0.25, 0.3) is 0 Å². The molecule has 0 amide bonds. The van der Waals surface area contributed by atoms with Crippen LogP contribution in [0.4, 0.5) is 0 Å². The van der Waals surface area contributed by atoms with Gasteiger partial charge in [-0.05, 0) is 12.2 Å². The van der Waals surface area contributed by atoms with E-state index in [4.69, 9.17) is 0 Å². The van der Waals surface area contributed by atoms with Crippen LogP contribution in [0.5, 0.6) is 0 Å². The van der Waals surface area contributed by atoms with Crippen LogP contribution in [-0.2, 0) is 0 Å². The Kier molecular flexibility index (Phi) is 15.6. The van der Waals surface area contributed by atoms with E-state index in [1.807, 2.05) is 23.9 Å². The summed E-state index contributed by atoms with van der Waals surface area (Å²) in [4.78, 5) is 1.28. The van der Waals surface area contributed by atoms with E-state index in [-0.39, 0.29) is 40.0 Å². The number of thioether (sulfide) groups is 1. The molecule has 1 aromatic rings. The monoisotopic (exact) mass is 296 g/mol. The Labute approximate surface area is 125 Å². The first kappa shape index (κ1) is 18.2. The maximum absolute atomic E-state index is 3.22. The van der Waals surface area contributed by atoms with Crippen molar-refractivity contribution in [1.29, 1.82) is 0 Å². The van der Waals surface area contributed by atoms with Gasteiger partial charge in [0.2, 0.25) is 0 Å². The molecule has 0 radical (unpaired) electrons. The molecule has 0 fully saturated rings. The first-order chi connectivity index (χ1) is 6.43. The molecule has 1 rings (SSSR count). The van der Waals surface area contributed by atoms with Gasteiger partial charge in [-0.2, -0.15) is 42.1 Å². The van der Waals surface area contributed by atoms with Gasteiger partial charge < -0.3 is 17.0 Å². The van der Waals surface area contributed by atoms with Crippen LogP contribution in [0.2, 0.25) is 0 Å². The van der Waals surface area contributed by atoms with Crippen LogP contribution >= 0.6 is 11.8 Å². The minimum Gasteiger partial charge on any atom is -1.00 e. The van der Waals surface area contributed by atoms with Gasteiger partial charge in [0.05, 0.1) is 0 Å². The number of halogens is 1. The summed E-state index contributed by atoms with van der Waals surface area (Å²) in [5, 5.41) is 0. The van der Waals surface area contributed by atoms with E-state index in [0.717, 1.165) is 0 Å². The molecule has 0 aromatic heterocycles. The average Bonchev–Trinajstić information content (AvgIpc) is 2.19. The van der Waals surface area contributed by atoms with E-state index in [1.165, 1.54) is 36.3 Å². The molecule has 3 heteroatoms. The summed E-state index contributed by atoms with van der Waals surface area (Å²) in [6.07, 6.45) is 5.40. The van der Waals surface area contributed by atoms with E-state index in [9.17, 15) is 0 Å². The maximum Gasteiger partial charge on any atom is 2.00 e. The first-order valence-electron chi connectivity index (χ1n) is 5.03. The summed E-state index contributed by atoms with van der Waals surface area (Å²) in [5.41, 5.74) is 0. The second-order valence-electron chi connectivity index (χ2n) is 3.14. The maximum atomic E-state index is 3.22. The molecule has 0 N–H and O–H groups in total. The molecule has 0 saturated heterocycles. The van der Waals surface area contributed by atoms with Crippen molar-refractivity contribution >= 4 is 34.8 Å². The van der Waals surface area contributed by atoms with Crippen molar-refractivity contribution in [2.24, 2.45) is 0 Å². The number of hydrogen-bond acceptors (Lipinski definition) is 1. The molecule has 0 nitrogen and oxygen atoms in total. The number of unbranched alkanes of at least 4 members (excludes halogenated alkanes) is 3. The van der Waals surface area contributed by atoms with Gasteiger partial charge in [0, 0.05) is 0 Å². The van der Waals surface area contributed by atoms with Gasteiger partial charge >= 0.3 is 23.1 Å². The predicted octanol–water partition coefficient (Wildman–Crippen LogP) is 0.782. The summed E-state index contributed by atoms with van der Waals surface area (Å²) < 4.78 is 0. The molecule has 0 atom stereocenters. The molecule has 0 aliphatic carbocycles. The van der Waals surface area contributed by atoms with Gasteiger partial charge in [-0.1, -0.05) is 26.2 Å². The quantitative estimate of drug-likeness (QED) is 0.324. The predicted molar refractivity (Wildman–Crippen MR) is 65.9 cm³/mol. The van der Waals surface area contributed by atoms with Crippen LogP contribution in [0.15, 0.2) is 29.2 Å².